The van der Waals surface area contributed by atoms with E-state index in [1.165, 1.54) is 0 Å². The van der Waals surface area contributed by atoms with Gasteiger partial charge in [0.05, 0.1) is 17.6 Å². The molecule has 19 heavy (non-hydrogen) atoms. The van der Waals surface area contributed by atoms with Crippen LogP contribution in [0.15, 0.2) is 55.1 Å². The van der Waals surface area contributed by atoms with E-state index in [9.17, 15) is 0 Å². The van der Waals surface area contributed by atoms with Crippen LogP contribution in [0.3, 0.4) is 0 Å². The molecule has 0 saturated heterocycles. The molecule has 0 bridgehead atoms. The molecule has 1 aromatic heterocycles. The predicted molar refractivity (Wildman–Crippen MR) is 80.0 cm³/mol. The number of anilines is 1. The summed E-state index contributed by atoms with van der Waals surface area (Å²) < 4.78 is 0. The first-order chi connectivity index (χ1) is 9.35. The van der Waals surface area contributed by atoms with E-state index < -0.39 is 0 Å². The van der Waals surface area contributed by atoms with Gasteiger partial charge in [-0.3, -0.25) is 0 Å². The molecule has 3 aromatic rings. The van der Waals surface area contributed by atoms with Gasteiger partial charge in [-0.1, -0.05) is 36.9 Å². The number of hydrogen-bond donors (Lipinski definition) is 2. The van der Waals surface area contributed by atoms with Gasteiger partial charge in [-0.2, -0.15) is 0 Å². The van der Waals surface area contributed by atoms with Gasteiger partial charge < -0.3 is 10.3 Å². The molecule has 0 radical (unpaired) electrons. The molecule has 0 unspecified atom stereocenters. The second kappa shape index (κ2) is 4.98. The quantitative estimate of drug-likeness (QED) is 0.738. The lowest BCUT2D eigenvalue weighted by atomic mass is 10.2. The van der Waals surface area contributed by atoms with Crippen molar-refractivity contribution in [2.45, 2.75) is 6.54 Å². The number of fused-ring (bicyclic) bond motifs is 1. The molecule has 0 aliphatic heterocycles. The summed E-state index contributed by atoms with van der Waals surface area (Å²) in [5.41, 5.74) is 4.27. The maximum Gasteiger partial charge on any atom is 0.126 e. The van der Waals surface area contributed by atoms with Crippen molar-refractivity contribution in [1.29, 1.82) is 0 Å². The fourth-order valence-electron chi connectivity index (χ4n) is 2.01. The van der Waals surface area contributed by atoms with Gasteiger partial charge in [-0.25, -0.2) is 4.98 Å². The summed E-state index contributed by atoms with van der Waals surface area (Å²) in [6.45, 7) is 4.43. The number of H-pyrrole nitrogens is 1. The summed E-state index contributed by atoms with van der Waals surface area (Å²) in [4.78, 5) is 7.83. The molecule has 3 heteroatoms. The average Bonchev–Trinajstić information content (AvgIpc) is 2.88. The van der Waals surface area contributed by atoms with Crippen molar-refractivity contribution in [3.8, 4) is 0 Å². The highest BCUT2D eigenvalue weighted by atomic mass is 15.0. The number of nitrogens with one attached hydrogen (secondary N) is 2. The Bertz CT molecular complexity index is 662. The minimum Gasteiger partial charge on any atom is -0.378 e. The Morgan fingerprint density at radius 3 is 2.63 bits per heavy atom. The maximum atomic E-state index is 4.53. The van der Waals surface area contributed by atoms with Crippen molar-refractivity contribution in [1.82, 2.24) is 9.97 Å². The minimum absolute atomic E-state index is 0.683. The van der Waals surface area contributed by atoms with Gasteiger partial charge in [-0.05, 0) is 29.8 Å². The Morgan fingerprint density at radius 1 is 1.11 bits per heavy atom. The summed E-state index contributed by atoms with van der Waals surface area (Å²) in [6.07, 6.45) is 1.84. The fraction of sp³-hybridized carbons (Fsp3) is 0.0625. The van der Waals surface area contributed by atoms with Crippen LogP contribution in [0.1, 0.15) is 11.4 Å². The molecule has 3 nitrogen and oxygen atoms in total. The van der Waals surface area contributed by atoms with E-state index in [4.69, 9.17) is 0 Å². The Labute approximate surface area is 112 Å². The van der Waals surface area contributed by atoms with Crippen LogP contribution in [0, 0.1) is 0 Å². The average molecular weight is 249 g/mol. The molecule has 94 valence electrons. The Morgan fingerprint density at radius 2 is 1.89 bits per heavy atom. The Kier molecular flexibility index (Phi) is 3.02. The van der Waals surface area contributed by atoms with Gasteiger partial charge in [-0.15, -0.1) is 0 Å². The lowest BCUT2D eigenvalue weighted by molar-refractivity contribution is 1.01. The summed E-state index contributed by atoms with van der Waals surface area (Å²) in [5.74, 6) is 0.939. The molecule has 0 saturated carbocycles. The zero-order chi connectivity index (χ0) is 13.1. The van der Waals surface area contributed by atoms with Crippen molar-refractivity contribution < 1.29 is 0 Å². The first kappa shape index (κ1) is 11.5. The standard InChI is InChI=1S/C16H15N3/c1-2-12-7-9-13(10-8-12)17-11-16-18-14-5-3-4-6-15(14)19-16/h2-10,17H,1,11H2,(H,18,19). The summed E-state index contributed by atoms with van der Waals surface area (Å²) in [7, 11) is 0. The number of rotatable bonds is 4. The van der Waals surface area contributed by atoms with Crippen LogP contribution in [0.25, 0.3) is 17.1 Å². The maximum absolute atomic E-state index is 4.53. The molecule has 0 spiro atoms. The number of benzene rings is 2. The van der Waals surface area contributed by atoms with E-state index in [1.54, 1.807) is 0 Å². The number of nitrogens with zero attached hydrogens (tertiary/aromatic N) is 1. The highest BCUT2D eigenvalue weighted by Gasteiger charge is 2.01. The van der Waals surface area contributed by atoms with Crippen LogP contribution in [-0.2, 0) is 6.54 Å². The number of imidazole rings is 1. The van der Waals surface area contributed by atoms with Crippen molar-refractivity contribution in [3.05, 3.63) is 66.5 Å². The third kappa shape index (κ3) is 2.50. The van der Waals surface area contributed by atoms with Crippen molar-refractivity contribution in [2.75, 3.05) is 5.32 Å². The van der Waals surface area contributed by atoms with Crippen LogP contribution >= 0.6 is 0 Å². The fourth-order valence-corrected chi connectivity index (χ4v) is 2.01. The second-order valence-electron chi connectivity index (χ2n) is 4.38. The van der Waals surface area contributed by atoms with E-state index in [0.29, 0.717) is 6.54 Å². The van der Waals surface area contributed by atoms with Crippen molar-refractivity contribution in [2.24, 2.45) is 0 Å². The van der Waals surface area contributed by atoms with Crippen LogP contribution in [0.4, 0.5) is 5.69 Å². The number of para-hydroxylation sites is 2. The molecular formula is C16H15N3. The number of aromatic amines is 1. The van der Waals surface area contributed by atoms with Gasteiger partial charge in [0.2, 0.25) is 0 Å². The van der Waals surface area contributed by atoms with Gasteiger partial charge in [0.15, 0.2) is 0 Å². The van der Waals surface area contributed by atoms with E-state index >= 15 is 0 Å². The smallest absolute Gasteiger partial charge is 0.126 e. The normalized spacial score (nSPS) is 10.5. The topological polar surface area (TPSA) is 40.7 Å². The summed E-state index contributed by atoms with van der Waals surface area (Å²) in [5, 5.41) is 3.35. The van der Waals surface area contributed by atoms with Gasteiger partial charge in [0, 0.05) is 5.69 Å². The Balaban J connectivity index is 1.72. The zero-order valence-electron chi connectivity index (χ0n) is 10.6. The van der Waals surface area contributed by atoms with Crippen LogP contribution < -0.4 is 5.32 Å². The van der Waals surface area contributed by atoms with Gasteiger partial charge in [0.25, 0.3) is 0 Å². The molecule has 0 aliphatic carbocycles. The summed E-state index contributed by atoms with van der Waals surface area (Å²) in [6, 6.07) is 16.2. The minimum atomic E-state index is 0.683. The number of aromatic nitrogens is 2. The third-order valence-electron chi connectivity index (χ3n) is 3.04. The largest absolute Gasteiger partial charge is 0.378 e. The SMILES string of the molecule is C=Cc1ccc(NCc2nc3ccccc3[nH]2)cc1. The molecule has 1 heterocycles. The lowest BCUT2D eigenvalue weighted by Gasteiger charge is -2.04. The molecule has 2 aromatic carbocycles. The van der Waals surface area contributed by atoms with E-state index in [1.807, 2.05) is 54.6 Å². The molecular weight excluding hydrogens is 234 g/mol. The van der Waals surface area contributed by atoms with Crippen molar-refractivity contribution >= 4 is 22.8 Å². The predicted octanol–water partition coefficient (Wildman–Crippen LogP) is 3.82. The molecule has 0 atom stereocenters. The molecule has 0 fully saturated rings. The van der Waals surface area contributed by atoms with E-state index in [0.717, 1.165) is 28.1 Å². The number of hydrogen-bond acceptors (Lipinski definition) is 2. The molecule has 0 amide bonds. The van der Waals surface area contributed by atoms with Crippen LogP contribution in [0.5, 0.6) is 0 Å². The molecule has 0 aliphatic rings. The van der Waals surface area contributed by atoms with Gasteiger partial charge >= 0.3 is 0 Å². The Hall–Kier alpha value is -2.55. The zero-order valence-corrected chi connectivity index (χ0v) is 10.6. The molecule has 2 N–H and O–H groups in total. The monoisotopic (exact) mass is 249 g/mol. The lowest BCUT2D eigenvalue weighted by Crippen LogP contribution is -2.00. The summed E-state index contributed by atoms with van der Waals surface area (Å²) >= 11 is 0. The first-order valence-electron chi connectivity index (χ1n) is 6.25. The van der Waals surface area contributed by atoms with Crippen LogP contribution in [-0.4, -0.2) is 9.97 Å². The molecule has 3 rings (SSSR count). The second-order valence-corrected chi connectivity index (χ2v) is 4.38. The van der Waals surface area contributed by atoms with E-state index in [2.05, 4.69) is 21.9 Å². The van der Waals surface area contributed by atoms with Gasteiger partial charge in [0.1, 0.15) is 5.82 Å². The third-order valence-corrected chi connectivity index (χ3v) is 3.04. The first-order valence-corrected chi connectivity index (χ1v) is 6.25. The van der Waals surface area contributed by atoms with E-state index in [-0.39, 0.29) is 0 Å². The van der Waals surface area contributed by atoms with Crippen LogP contribution in [0.2, 0.25) is 0 Å². The highest BCUT2D eigenvalue weighted by Crippen LogP contribution is 2.13. The van der Waals surface area contributed by atoms with Crippen molar-refractivity contribution in [3.63, 3.8) is 0 Å². The highest BCUT2D eigenvalue weighted by molar-refractivity contribution is 5.74.